The molecule has 0 radical (unpaired) electrons. The molecule has 1 aliphatic rings. The van der Waals surface area contributed by atoms with E-state index in [4.69, 9.17) is 4.74 Å². The number of nitrogens with one attached hydrogen (secondary N) is 3. The van der Waals surface area contributed by atoms with Gasteiger partial charge in [-0.25, -0.2) is 4.79 Å². The summed E-state index contributed by atoms with van der Waals surface area (Å²) in [6, 6.07) is 12.6. The molecule has 29 heavy (non-hydrogen) atoms. The van der Waals surface area contributed by atoms with Gasteiger partial charge in [0.15, 0.2) is 0 Å². The highest BCUT2D eigenvalue weighted by molar-refractivity contribution is 7.18. The molecule has 3 N–H and O–H groups in total. The Morgan fingerprint density at radius 2 is 1.79 bits per heavy atom. The van der Waals surface area contributed by atoms with Crippen molar-refractivity contribution in [1.29, 1.82) is 0 Å². The van der Waals surface area contributed by atoms with Gasteiger partial charge in [-0.05, 0) is 30.2 Å². The lowest BCUT2D eigenvalue weighted by Crippen LogP contribution is -2.51. The first-order valence-electron chi connectivity index (χ1n) is 9.86. The van der Waals surface area contributed by atoms with Crippen LogP contribution in [-0.2, 0) is 4.74 Å². The van der Waals surface area contributed by atoms with E-state index in [2.05, 4.69) is 34.7 Å². The van der Waals surface area contributed by atoms with E-state index in [1.165, 1.54) is 11.3 Å². The molecule has 1 aromatic carbocycles. The Bertz CT molecular complexity index is 803. The minimum Gasteiger partial charge on any atom is -0.379 e. The van der Waals surface area contributed by atoms with Crippen LogP contribution >= 0.6 is 11.3 Å². The molecule has 0 aliphatic carbocycles. The van der Waals surface area contributed by atoms with Crippen LogP contribution in [0, 0.1) is 5.92 Å². The summed E-state index contributed by atoms with van der Waals surface area (Å²) >= 11 is 1.26. The molecular weight excluding hydrogens is 388 g/mol. The van der Waals surface area contributed by atoms with E-state index in [0.717, 1.165) is 26.3 Å². The Kier molecular flexibility index (Phi) is 7.62. The number of hydrogen-bond donors (Lipinski definition) is 3. The lowest BCUT2D eigenvalue weighted by atomic mass is 10.0. The maximum atomic E-state index is 12.6. The van der Waals surface area contributed by atoms with Crippen LogP contribution in [0.15, 0.2) is 42.5 Å². The number of thiophene rings is 1. The summed E-state index contributed by atoms with van der Waals surface area (Å²) in [6.07, 6.45) is 0. The molecule has 2 heterocycles. The summed E-state index contributed by atoms with van der Waals surface area (Å²) in [4.78, 5) is 27.6. The topological polar surface area (TPSA) is 82.7 Å². The van der Waals surface area contributed by atoms with Gasteiger partial charge >= 0.3 is 6.03 Å². The summed E-state index contributed by atoms with van der Waals surface area (Å²) in [5.41, 5.74) is 0.711. The Morgan fingerprint density at radius 3 is 2.48 bits per heavy atom. The number of ether oxygens (including phenoxy) is 1. The Morgan fingerprint density at radius 1 is 1.07 bits per heavy atom. The van der Waals surface area contributed by atoms with E-state index in [1.807, 2.05) is 30.3 Å². The number of hydrogen-bond acceptors (Lipinski definition) is 5. The van der Waals surface area contributed by atoms with Crippen molar-refractivity contribution in [2.45, 2.75) is 19.9 Å². The first kappa shape index (κ1) is 21.3. The van der Waals surface area contributed by atoms with Gasteiger partial charge in [-0.15, -0.1) is 11.3 Å². The van der Waals surface area contributed by atoms with Crippen molar-refractivity contribution >= 4 is 34.0 Å². The molecule has 3 rings (SSSR count). The fraction of sp³-hybridized carbons (Fsp3) is 0.429. The minimum atomic E-state index is -0.336. The first-order chi connectivity index (χ1) is 14.0. The Balaban J connectivity index is 1.51. The van der Waals surface area contributed by atoms with Crippen LogP contribution in [0.3, 0.4) is 0 Å². The van der Waals surface area contributed by atoms with Gasteiger partial charge in [0.2, 0.25) is 0 Å². The summed E-state index contributed by atoms with van der Waals surface area (Å²) in [6.45, 7) is 8.19. The van der Waals surface area contributed by atoms with Crippen LogP contribution in [0.25, 0.3) is 0 Å². The second-order valence-corrected chi connectivity index (χ2v) is 8.36. The largest absolute Gasteiger partial charge is 0.379 e. The molecule has 1 unspecified atom stereocenters. The molecule has 1 saturated heterocycles. The van der Waals surface area contributed by atoms with Gasteiger partial charge in [0.05, 0.1) is 23.1 Å². The van der Waals surface area contributed by atoms with Gasteiger partial charge in [0, 0.05) is 31.4 Å². The SMILES string of the molecule is CC(C)C(CNC(=O)c1ccc(NC(=O)Nc2ccccc2)s1)N1CCOCC1. The molecule has 1 atom stereocenters. The summed E-state index contributed by atoms with van der Waals surface area (Å²) in [5, 5.41) is 9.19. The fourth-order valence-electron chi connectivity index (χ4n) is 3.30. The number of urea groups is 1. The molecule has 7 nitrogen and oxygen atoms in total. The molecule has 1 aromatic heterocycles. The van der Waals surface area contributed by atoms with Crippen LogP contribution < -0.4 is 16.0 Å². The maximum Gasteiger partial charge on any atom is 0.324 e. The predicted octanol–water partition coefficient (Wildman–Crippen LogP) is 3.48. The number of amides is 3. The highest BCUT2D eigenvalue weighted by atomic mass is 32.1. The predicted molar refractivity (Wildman–Crippen MR) is 117 cm³/mol. The average Bonchev–Trinajstić information content (AvgIpc) is 3.17. The van der Waals surface area contributed by atoms with Gasteiger partial charge in [0.1, 0.15) is 0 Å². The lowest BCUT2D eigenvalue weighted by molar-refractivity contribution is 0.00674. The number of rotatable bonds is 7. The van der Waals surface area contributed by atoms with Crippen molar-refractivity contribution in [3.05, 3.63) is 47.3 Å². The summed E-state index contributed by atoms with van der Waals surface area (Å²) in [5.74, 6) is 0.307. The number of carbonyl (C=O) groups is 2. The number of nitrogens with zero attached hydrogens (tertiary/aromatic N) is 1. The Hall–Kier alpha value is -2.42. The van der Waals surface area contributed by atoms with E-state index in [0.29, 0.717) is 28.0 Å². The second-order valence-electron chi connectivity index (χ2n) is 7.28. The number of benzene rings is 1. The zero-order chi connectivity index (χ0) is 20.6. The number of anilines is 2. The molecule has 156 valence electrons. The molecule has 1 aliphatic heterocycles. The monoisotopic (exact) mass is 416 g/mol. The lowest BCUT2D eigenvalue weighted by Gasteiger charge is -2.36. The maximum absolute atomic E-state index is 12.6. The molecule has 0 spiro atoms. The highest BCUT2D eigenvalue weighted by Crippen LogP contribution is 2.22. The van der Waals surface area contributed by atoms with Crippen LogP contribution in [-0.4, -0.2) is 55.7 Å². The van der Waals surface area contributed by atoms with Gasteiger partial charge in [-0.2, -0.15) is 0 Å². The smallest absolute Gasteiger partial charge is 0.324 e. The van der Waals surface area contributed by atoms with Crippen molar-refractivity contribution in [3.8, 4) is 0 Å². The van der Waals surface area contributed by atoms with Crippen molar-refractivity contribution in [2.24, 2.45) is 5.92 Å². The van der Waals surface area contributed by atoms with Crippen LogP contribution in [0.4, 0.5) is 15.5 Å². The molecule has 1 fully saturated rings. The van der Waals surface area contributed by atoms with Gasteiger partial charge < -0.3 is 15.4 Å². The molecule has 0 bridgehead atoms. The van der Waals surface area contributed by atoms with E-state index in [1.54, 1.807) is 12.1 Å². The Labute approximate surface area is 175 Å². The van der Waals surface area contributed by atoms with Crippen molar-refractivity contribution in [2.75, 3.05) is 43.5 Å². The second kappa shape index (κ2) is 10.4. The van der Waals surface area contributed by atoms with Crippen molar-refractivity contribution < 1.29 is 14.3 Å². The first-order valence-corrected chi connectivity index (χ1v) is 10.7. The third-order valence-electron chi connectivity index (χ3n) is 4.85. The van der Waals surface area contributed by atoms with Crippen LogP contribution in [0.5, 0.6) is 0 Å². The van der Waals surface area contributed by atoms with E-state index < -0.39 is 0 Å². The summed E-state index contributed by atoms with van der Waals surface area (Å²) in [7, 11) is 0. The van der Waals surface area contributed by atoms with Crippen LogP contribution in [0.1, 0.15) is 23.5 Å². The fourth-order valence-corrected chi connectivity index (χ4v) is 4.12. The van der Waals surface area contributed by atoms with Gasteiger partial charge in [-0.3, -0.25) is 15.0 Å². The zero-order valence-corrected chi connectivity index (χ0v) is 17.6. The number of carbonyl (C=O) groups excluding carboxylic acids is 2. The van der Waals surface area contributed by atoms with E-state index in [-0.39, 0.29) is 18.0 Å². The van der Waals surface area contributed by atoms with E-state index >= 15 is 0 Å². The standard InChI is InChI=1S/C21H28N4O3S/c1-15(2)17(25-10-12-28-13-11-25)14-22-20(26)18-8-9-19(29-18)24-21(27)23-16-6-4-3-5-7-16/h3-9,15,17H,10-14H2,1-2H3,(H,22,26)(H2,23,24,27). The normalized spacial score (nSPS) is 15.7. The molecule has 3 amide bonds. The minimum absolute atomic E-state index is 0.120. The van der Waals surface area contributed by atoms with Crippen LogP contribution in [0.2, 0.25) is 0 Å². The zero-order valence-electron chi connectivity index (χ0n) is 16.8. The molecule has 0 saturated carbocycles. The van der Waals surface area contributed by atoms with Crippen molar-refractivity contribution in [3.63, 3.8) is 0 Å². The molecular formula is C21H28N4O3S. The molecule has 8 heteroatoms. The average molecular weight is 417 g/mol. The summed E-state index contributed by atoms with van der Waals surface area (Å²) < 4.78 is 5.43. The number of para-hydroxylation sites is 1. The third-order valence-corrected chi connectivity index (χ3v) is 5.85. The van der Waals surface area contributed by atoms with Gasteiger partial charge in [0.25, 0.3) is 5.91 Å². The van der Waals surface area contributed by atoms with Crippen molar-refractivity contribution in [1.82, 2.24) is 10.2 Å². The highest BCUT2D eigenvalue weighted by Gasteiger charge is 2.24. The molecule has 2 aromatic rings. The number of morpholine rings is 1. The third kappa shape index (κ3) is 6.28. The van der Waals surface area contributed by atoms with E-state index in [9.17, 15) is 9.59 Å². The quantitative estimate of drug-likeness (QED) is 0.645. The van der Waals surface area contributed by atoms with Gasteiger partial charge in [-0.1, -0.05) is 32.0 Å².